The van der Waals surface area contributed by atoms with Gasteiger partial charge in [0, 0.05) is 47.3 Å². The van der Waals surface area contributed by atoms with Gasteiger partial charge in [-0.3, -0.25) is 14.6 Å². The molecule has 0 N–H and O–H groups in total. The van der Waals surface area contributed by atoms with Gasteiger partial charge in [-0.1, -0.05) is 60.1 Å². The Bertz CT molecular complexity index is 1490. The number of halogens is 4. The molecule has 5 nitrogen and oxygen atoms in total. The topological polar surface area (TPSA) is 53.5 Å². The highest BCUT2D eigenvalue weighted by atomic mass is 35.5. The van der Waals surface area contributed by atoms with E-state index < -0.39 is 24.2 Å². The number of pyridine rings is 1. The summed E-state index contributed by atoms with van der Waals surface area (Å²) >= 11 is 6.00. The lowest BCUT2D eigenvalue weighted by atomic mass is 9.90. The number of hydrogen-bond acceptors (Lipinski definition) is 3. The molecule has 1 aliphatic heterocycles. The second-order valence-corrected chi connectivity index (χ2v) is 10.4. The van der Waals surface area contributed by atoms with Crippen molar-refractivity contribution in [1.29, 1.82) is 0 Å². The number of rotatable bonds is 6. The summed E-state index contributed by atoms with van der Waals surface area (Å²) in [6.45, 7) is -0.00239. The maximum absolute atomic E-state index is 13.9. The Hall–Kier alpha value is -3.91. The first kappa shape index (κ1) is 27.6. The van der Waals surface area contributed by atoms with E-state index in [-0.39, 0.29) is 31.8 Å². The third-order valence-electron chi connectivity index (χ3n) is 7.38. The summed E-state index contributed by atoms with van der Waals surface area (Å²) in [5.41, 5.74) is 2.63. The second-order valence-electron chi connectivity index (χ2n) is 9.95. The van der Waals surface area contributed by atoms with E-state index in [1.807, 2.05) is 30.3 Å². The standard InChI is InChI=1S/C31H27ClF3N3O2/c32-24-12-10-22(11-13-24)29(39)37-17-15-25(19-26(37)18-21-6-2-1-3-7-21)38(30(40)31(33,34)35)20-23-14-16-36-28-9-5-4-8-27(23)28/h1-14,16,25-26H,15,17-20H2. The van der Waals surface area contributed by atoms with E-state index in [4.69, 9.17) is 11.6 Å². The van der Waals surface area contributed by atoms with Gasteiger partial charge in [-0.2, -0.15) is 13.2 Å². The van der Waals surface area contributed by atoms with Gasteiger partial charge in [-0.25, -0.2) is 0 Å². The van der Waals surface area contributed by atoms with Crippen molar-refractivity contribution >= 4 is 34.3 Å². The van der Waals surface area contributed by atoms with E-state index >= 15 is 0 Å². The van der Waals surface area contributed by atoms with Crippen molar-refractivity contribution in [3.05, 3.63) is 113 Å². The number of piperidine rings is 1. The molecule has 3 aromatic carbocycles. The molecule has 1 fully saturated rings. The maximum atomic E-state index is 13.9. The van der Waals surface area contributed by atoms with Crippen LogP contribution in [0, 0.1) is 0 Å². The lowest BCUT2D eigenvalue weighted by Gasteiger charge is -2.44. The molecule has 2 atom stereocenters. The average Bonchev–Trinajstić information content (AvgIpc) is 2.96. The van der Waals surface area contributed by atoms with E-state index in [2.05, 4.69) is 4.98 Å². The molecule has 4 aromatic rings. The molecule has 206 valence electrons. The number of carbonyl (C=O) groups is 2. The Morgan fingerprint density at radius 2 is 1.65 bits per heavy atom. The summed E-state index contributed by atoms with van der Waals surface area (Å²) in [5.74, 6) is -2.10. The second kappa shape index (κ2) is 11.7. The smallest absolute Gasteiger partial charge is 0.335 e. The van der Waals surface area contributed by atoms with Crippen LogP contribution >= 0.6 is 11.6 Å². The molecular formula is C31H27ClF3N3O2. The Balaban J connectivity index is 1.47. The molecule has 2 heterocycles. The number of benzene rings is 3. The van der Waals surface area contributed by atoms with Crippen LogP contribution in [-0.2, 0) is 17.8 Å². The number of amides is 2. The van der Waals surface area contributed by atoms with Gasteiger partial charge >= 0.3 is 12.1 Å². The van der Waals surface area contributed by atoms with Crippen molar-refractivity contribution in [1.82, 2.24) is 14.8 Å². The molecule has 5 rings (SSSR count). The number of aromatic nitrogens is 1. The van der Waals surface area contributed by atoms with Crippen molar-refractivity contribution in [2.24, 2.45) is 0 Å². The first-order chi connectivity index (χ1) is 19.2. The zero-order chi connectivity index (χ0) is 28.3. The zero-order valence-electron chi connectivity index (χ0n) is 21.5. The fourth-order valence-corrected chi connectivity index (χ4v) is 5.55. The molecule has 1 aliphatic rings. The fourth-order valence-electron chi connectivity index (χ4n) is 5.42. The number of hydrogen-bond donors (Lipinski definition) is 0. The maximum Gasteiger partial charge on any atom is 0.471 e. The van der Waals surface area contributed by atoms with Crippen LogP contribution in [0.1, 0.15) is 34.3 Å². The van der Waals surface area contributed by atoms with Crippen LogP contribution in [0.2, 0.25) is 5.02 Å². The largest absolute Gasteiger partial charge is 0.471 e. The van der Waals surface area contributed by atoms with E-state index in [1.54, 1.807) is 65.7 Å². The molecule has 2 unspecified atom stereocenters. The minimum absolute atomic E-state index is 0.207. The summed E-state index contributed by atoms with van der Waals surface area (Å²) < 4.78 is 41.7. The Labute approximate surface area is 235 Å². The van der Waals surface area contributed by atoms with E-state index in [0.29, 0.717) is 33.5 Å². The molecule has 2 amide bonds. The van der Waals surface area contributed by atoms with Crippen LogP contribution in [0.5, 0.6) is 0 Å². The summed E-state index contributed by atoms with van der Waals surface area (Å²) in [4.78, 5) is 33.3. The monoisotopic (exact) mass is 565 g/mol. The van der Waals surface area contributed by atoms with Gasteiger partial charge in [-0.15, -0.1) is 0 Å². The third-order valence-corrected chi connectivity index (χ3v) is 7.63. The molecule has 0 aliphatic carbocycles. The lowest BCUT2D eigenvalue weighted by molar-refractivity contribution is -0.189. The normalized spacial score (nSPS) is 17.6. The number of carbonyl (C=O) groups excluding carboxylic acids is 2. The number of alkyl halides is 3. The number of para-hydroxylation sites is 1. The molecule has 1 saturated heterocycles. The summed E-state index contributed by atoms with van der Waals surface area (Å²) in [7, 11) is 0. The molecular weight excluding hydrogens is 539 g/mol. The first-order valence-corrected chi connectivity index (χ1v) is 13.4. The third kappa shape index (κ3) is 6.12. The van der Waals surface area contributed by atoms with E-state index in [1.165, 1.54) is 0 Å². The van der Waals surface area contributed by atoms with Crippen molar-refractivity contribution < 1.29 is 22.8 Å². The fraction of sp³-hybridized carbons (Fsp3) is 0.258. The average molecular weight is 566 g/mol. The van der Waals surface area contributed by atoms with Crippen LogP contribution in [0.15, 0.2) is 91.1 Å². The van der Waals surface area contributed by atoms with Crippen LogP contribution in [-0.4, -0.2) is 51.4 Å². The SMILES string of the molecule is O=C(c1ccc(Cl)cc1)N1CCC(N(Cc2ccnc3ccccc23)C(=O)C(F)(F)F)CC1Cc1ccccc1. The van der Waals surface area contributed by atoms with Crippen molar-refractivity contribution in [2.75, 3.05) is 6.54 Å². The van der Waals surface area contributed by atoms with E-state index in [9.17, 15) is 22.8 Å². The molecule has 0 radical (unpaired) electrons. The van der Waals surface area contributed by atoms with Crippen LogP contribution in [0.25, 0.3) is 10.9 Å². The van der Waals surface area contributed by atoms with Crippen LogP contribution in [0.3, 0.4) is 0 Å². The van der Waals surface area contributed by atoms with Crippen molar-refractivity contribution in [3.8, 4) is 0 Å². The summed E-state index contributed by atoms with van der Waals surface area (Å²) in [6, 6.07) is 23.8. The predicted molar refractivity (Wildman–Crippen MR) is 148 cm³/mol. The van der Waals surface area contributed by atoms with Gasteiger partial charge < -0.3 is 9.80 Å². The van der Waals surface area contributed by atoms with Gasteiger partial charge in [0.1, 0.15) is 0 Å². The molecule has 0 spiro atoms. The Morgan fingerprint density at radius 1 is 0.950 bits per heavy atom. The van der Waals surface area contributed by atoms with Crippen LogP contribution < -0.4 is 0 Å². The lowest BCUT2D eigenvalue weighted by Crippen LogP contribution is -2.55. The Kier molecular flexibility index (Phi) is 8.07. The first-order valence-electron chi connectivity index (χ1n) is 13.0. The van der Waals surface area contributed by atoms with Gasteiger partial charge in [0.05, 0.1) is 5.52 Å². The predicted octanol–water partition coefficient (Wildman–Crippen LogP) is 6.70. The molecule has 1 aromatic heterocycles. The van der Waals surface area contributed by atoms with Crippen molar-refractivity contribution in [3.63, 3.8) is 0 Å². The molecule has 0 bridgehead atoms. The summed E-state index contributed by atoms with van der Waals surface area (Å²) in [6.07, 6.45) is -2.62. The molecule has 40 heavy (non-hydrogen) atoms. The number of fused-ring (bicyclic) bond motifs is 1. The number of likely N-dealkylation sites (tertiary alicyclic amines) is 1. The zero-order valence-corrected chi connectivity index (χ0v) is 22.3. The molecule has 0 saturated carbocycles. The molecule has 9 heteroatoms. The van der Waals surface area contributed by atoms with Crippen molar-refractivity contribution in [2.45, 2.75) is 44.1 Å². The van der Waals surface area contributed by atoms with E-state index in [0.717, 1.165) is 10.5 Å². The highest BCUT2D eigenvalue weighted by Crippen LogP contribution is 2.32. The highest BCUT2D eigenvalue weighted by Gasteiger charge is 2.46. The van der Waals surface area contributed by atoms with Crippen LogP contribution in [0.4, 0.5) is 13.2 Å². The van der Waals surface area contributed by atoms with Gasteiger partial charge in [0.15, 0.2) is 0 Å². The minimum Gasteiger partial charge on any atom is -0.335 e. The highest BCUT2D eigenvalue weighted by molar-refractivity contribution is 6.30. The van der Waals surface area contributed by atoms with Gasteiger partial charge in [0.2, 0.25) is 0 Å². The Morgan fingerprint density at radius 3 is 2.38 bits per heavy atom. The minimum atomic E-state index is -5.03. The summed E-state index contributed by atoms with van der Waals surface area (Å²) in [5, 5.41) is 1.20. The number of nitrogens with zero attached hydrogens (tertiary/aromatic N) is 3. The quantitative estimate of drug-likeness (QED) is 0.262. The van der Waals surface area contributed by atoms with Gasteiger partial charge in [-0.05, 0) is 66.8 Å². The van der Waals surface area contributed by atoms with Gasteiger partial charge in [0.25, 0.3) is 5.91 Å².